The van der Waals surface area contributed by atoms with Crippen LogP contribution in [-0.2, 0) is 14.8 Å². The highest BCUT2D eigenvalue weighted by Gasteiger charge is 2.28. The van der Waals surface area contributed by atoms with Gasteiger partial charge in [-0.2, -0.15) is 4.31 Å². The number of amides is 1. The lowest BCUT2D eigenvalue weighted by atomic mass is 10.2. The van der Waals surface area contributed by atoms with Crippen LogP contribution in [0.1, 0.15) is 19.8 Å². The Labute approximate surface area is 192 Å². The van der Waals surface area contributed by atoms with Crippen LogP contribution < -0.4 is 5.32 Å². The Morgan fingerprint density at radius 2 is 1.81 bits per heavy atom. The minimum atomic E-state index is -3.55. The first-order valence-corrected chi connectivity index (χ1v) is 12.9. The van der Waals surface area contributed by atoms with Crippen LogP contribution in [-0.4, -0.2) is 58.8 Å². The third-order valence-corrected chi connectivity index (χ3v) is 7.97. The number of nitrogens with zero attached hydrogens (tertiary/aromatic N) is 4. The number of hydrogen-bond donors (Lipinski definition) is 1. The molecule has 1 fully saturated rings. The minimum absolute atomic E-state index is 0.0830. The topological polar surface area (TPSA) is 97.2 Å². The van der Waals surface area contributed by atoms with Gasteiger partial charge in [-0.3, -0.25) is 9.36 Å². The molecular weight excluding hydrogens is 446 g/mol. The summed E-state index contributed by atoms with van der Waals surface area (Å²) in [4.78, 5) is 12.2. The van der Waals surface area contributed by atoms with E-state index in [1.165, 1.54) is 16.1 Å². The van der Waals surface area contributed by atoms with Crippen LogP contribution >= 0.6 is 11.8 Å². The van der Waals surface area contributed by atoms with Crippen molar-refractivity contribution in [1.82, 2.24) is 24.4 Å². The van der Waals surface area contributed by atoms with E-state index in [0.29, 0.717) is 36.2 Å². The Morgan fingerprint density at radius 1 is 1.06 bits per heavy atom. The molecule has 0 unspecified atom stereocenters. The Hall–Kier alpha value is -2.69. The minimum Gasteiger partial charge on any atom is -0.356 e. The van der Waals surface area contributed by atoms with E-state index < -0.39 is 10.0 Å². The standard InChI is InChI=1S/C22H25N5O3S2/c1-2-23-20(28)16-31-22-25-24-21(27(22)18-10-4-3-5-11-18)17-9-8-12-19(15-17)32(29,30)26-13-6-7-14-26/h3-5,8-12,15H,2,6-7,13-14,16H2,1H3,(H,23,28). The maximum Gasteiger partial charge on any atom is 0.243 e. The van der Waals surface area contributed by atoms with Crippen LogP contribution in [0.25, 0.3) is 17.1 Å². The molecule has 1 aromatic heterocycles. The summed E-state index contributed by atoms with van der Waals surface area (Å²) >= 11 is 1.29. The van der Waals surface area contributed by atoms with Crippen LogP contribution in [0.5, 0.6) is 0 Å². The van der Waals surface area contributed by atoms with E-state index in [1.807, 2.05) is 47.9 Å². The summed E-state index contributed by atoms with van der Waals surface area (Å²) in [5, 5.41) is 12.0. The fourth-order valence-corrected chi connectivity index (χ4v) is 5.96. The van der Waals surface area contributed by atoms with Gasteiger partial charge in [-0.15, -0.1) is 10.2 Å². The fourth-order valence-electron chi connectivity index (χ4n) is 3.61. The summed E-state index contributed by atoms with van der Waals surface area (Å²) < 4.78 is 29.5. The average Bonchev–Trinajstić information content (AvgIpc) is 3.49. The molecule has 168 valence electrons. The van der Waals surface area contributed by atoms with E-state index in [-0.39, 0.29) is 16.6 Å². The van der Waals surface area contributed by atoms with E-state index in [9.17, 15) is 13.2 Å². The molecule has 1 amide bonds. The first-order valence-electron chi connectivity index (χ1n) is 10.5. The second kappa shape index (κ2) is 9.85. The SMILES string of the molecule is CCNC(=O)CSc1nnc(-c2cccc(S(=O)(=O)N3CCCC3)c2)n1-c1ccccc1. The van der Waals surface area contributed by atoms with Gasteiger partial charge in [-0.05, 0) is 44.0 Å². The number of rotatable bonds is 8. The summed E-state index contributed by atoms with van der Waals surface area (Å²) in [6, 6.07) is 16.4. The van der Waals surface area contributed by atoms with E-state index in [1.54, 1.807) is 18.2 Å². The molecular formula is C22H25N5O3S2. The molecule has 4 rings (SSSR count). The van der Waals surface area contributed by atoms with Gasteiger partial charge in [-0.25, -0.2) is 8.42 Å². The Kier molecular flexibility index (Phi) is 6.92. The number of carbonyl (C=O) groups excluding carboxylic acids is 1. The van der Waals surface area contributed by atoms with E-state index in [2.05, 4.69) is 15.5 Å². The van der Waals surface area contributed by atoms with Gasteiger partial charge in [0, 0.05) is 30.9 Å². The van der Waals surface area contributed by atoms with E-state index in [0.717, 1.165) is 18.5 Å². The zero-order chi connectivity index (χ0) is 22.6. The summed E-state index contributed by atoms with van der Waals surface area (Å²) in [7, 11) is -3.55. The lowest BCUT2D eigenvalue weighted by molar-refractivity contribution is -0.118. The average molecular weight is 472 g/mol. The fraction of sp³-hybridized carbons (Fsp3) is 0.318. The van der Waals surface area contributed by atoms with Crippen molar-refractivity contribution in [3.63, 3.8) is 0 Å². The highest BCUT2D eigenvalue weighted by Crippen LogP contribution is 2.30. The highest BCUT2D eigenvalue weighted by atomic mass is 32.2. The van der Waals surface area contributed by atoms with Crippen LogP contribution in [0.2, 0.25) is 0 Å². The number of thioether (sulfide) groups is 1. The lowest BCUT2D eigenvalue weighted by Crippen LogP contribution is -2.27. The molecule has 0 saturated carbocycles. The maximum absolute atomic E-state index is 13.1. The number of para-hydroxylation sites is 1. The van der Waals surface area contributed by atoms with Crippen molar-refractivity contribution in [1.29, 1.82) is 0 Å². The predicted octanol–water partition coefficient (Wildman–Crippen LogP) is 2.95. The Bertz CT molecular complexity index is 1190. The molecule has 1 N–H and O–H groups in total. The number of benzene rings is 2. The Balaban J connectivity index is 1.73. The molecule has 1 saturated heterocycles. The zero-order valence-corrected chi connectivity index (χ0v) is 19.4. The summed E-state index contributed by atoms with van der Waals surface area (Å²) in [6.07, 6.45) is 1.76. The second-order valence-corrected chi connectivity index (χ2v) is 10.2. The molecule has 2 aromatic carbocycles. The van der Waals surface area contributed by atoms with Gasteiger partial charge in [0.25, 0.3) is 0 Å². The molecule has 0 spiro atoms. The number of aromatic nitrogens is 3. The van der Waals surface area contributed by atoms with Crippen molar-refractivity contribution in [2.24, 2.45) is 0 Å². The van der Waals surface area contributed by atoms with Gasteiger partial charge < -0.3 is 5.32 Å². The van der Waals surface area contributed by atoms with Crippen LogP contribution in [0, 0.1) is 0 Å². The smallest absolute Gasteiger partial charge is 0.243 e. The third kappa shape index (κ3) is 4.72. The quantitative estimate of drug-likeness (QED) is 0.508. The van der Waals surface area contributed by atoms with Gasteiger partial charge >= 0.3 is 0 Å². The van der Waals surface area contributed by atoms with Crippen molar-refractivity contribution in [2.45, 2.75) is 29.8 Å². The van der Waals surface area contributed by atoms with Crippen molar-refractivity contribution in [3.8, 4) is 17.1 Å². The van der Waals surface area contributed by atoms with Crippen LogP contribution in [0.3, 0.4) is 0 Å². The first-order chi connectivity index (χ1) is 15.5. The molecule has 10 heteroatoms. The zero-order valence-electron chi connectivity index (χ0n) is 17.8. The van der Waals surface area contributed by atoms with E-state index in [4.69, 9.17) is 0 Å². The number of sulfonamides is 1. The van der Waals surface area contributed by atoms with Crippen molar-refractivity contribution < 1.29 is 13.2 Å². The van der Waals surface area contributed by atoms with Gasteiger partial charge in [0.2, 0.25) is 15.9 Å². The molecule has 3 aromatic rings. The molecule has 0 radical (unpaired) electrons. The largest absolute Gasteiger partial charge is 0.356 e. The molecule has 32 heavy (non-hydrogen) atoms. The van der Waals surface area contributed by atoms with Crippen molar-refractivity contribution in [3.05, 3.63) is 54.6 Å². The van der Waals surface area contributed by atoms with Gasteiger partial charge in [0.05, 0.1) is 10.6 Å². The second-order valence-electron chi connectivity index (χ2n) is 7.36. The summed E-state index contributed by atoms with van der Waals surface area (Å²) in [5.74, 6) is 0.649. The Morgan fingerprint density at radius 3 is 2.53 bits per heavy atom. The normalized spacial score (nSPS) is 14.5. The summed E-state index contributed by atoms with van der Waals surface area (Å²) in [5.41, 5.74) is 1.48. The van der Waals surface area contributed by atoms with E-state index >= 15 is 0 Å². The summed E-state index contributed by atoms with van der Waals surface area (Å²) in [6.45, 7) is 3.53. The molecule has 0 aliphatic carbocycles. The maximum atomic E-state index is 13.1. The molecule has 0 atom stereocenters. The van der Waals surface area contributed by atoms with Gasteiger partial charge in [0.1, 0.15) is 0 Å². The van der Waals surface area contributed by atoms with Crippen molar-refractivity contribution >= 4 is 27.7 Å². The van der Waals surface area contributed by atoms with Gasteiger partial charge in [-0.1, -0.05) is 42.1 Å². The number of carbonyl (C=O) groups is 1. The number of hydrogen-bond acceptors (Lipinski definition) is 6. The van der Waals surface area contributed by atoms with Crippen LogP contribution in [0.15, 0.2) is 64.6 Å². The predicted molar refractivity (Wildman–Crippen MR) is 124 cm³/mol. The molecule has 8 nitrogen and oxygen atoms in total. The molecule has 0 bridgehead atoms. The van der Waals surface area contributed by atoms with Gasteiger partial charge in [0.15, 0.2) is 11.0 Å². The molecule has 1 aliphatic rings. The number of nitrogens with one attached hydrogen (secondary N) is 1. The third-order valence-electron chi connectivity index (χ3n) is 5.15. The van der Waals surface area contributed by atoms with Crippen molar-refractivity contribution in [2.75, 3.05) is 25.4 Å². The van der Waals surface area contributed by atoms with Crippen LogP contribution in [0.4, 0.5) is 0 Å². The molecule has 1 aliphatic heterocycles. The molecule has 2 heterocycles. The first kappa shape index (κ1) is 22.5. The monoisotopic (exact) mass is 471 g/mol. The highest BCUT2D eigenvalue weighted by molar-refractivity contribution is 7.99. The lowest BCUT2D eigenvalue weighted by Gasteiger charge is -2.16.